The van der Waals surface area contributed by atoms with Gasteiger partial charge in [-0.2, -0.15) is 5.06 Å². The summed E-state index contributed by atoms with van der Waals surface area (Å²) in [5.41, 5.74) is 0. The number of carbonyl (C=O) groups excluding carboxylic acids is 5. The minimum Gasteiger partial charge on any atom is -0.320 e. The Bertz CT molecular complexity index is 517. The van der Waals surface area contributed by atoms with Crippen LogP contribution in [-0.2, 0) is 24.0 Å². The van der Waals surface area contributed by atoms with Gasteiger partial charge in [-0.3, -0.25) is 24.4 Å². The molecule has 0 aromatic heterocycles. The lowest BCUT2D eigenvalue weighted by molar-refractivity contribution is -0.172. The van der Waals surface area contributed by atoms with Gasteiger partial charge in [0.15, 0.2) is 0 Å². The van der Waals surface area contributed by atoms with E-state index in [0.717, 1.165) is 13.0 Å². The van der Waals surface area contributed by atoms with Crippen LogP contribution in [0.4, 0.5) is 4.79 Å². The normalized spacial score (nSPS) is 17.1. The predicted molar refractivity (Wildman–Crippen MR) is 81.6 cm³/mol. The molecule has 2 rings (SSSR count). The highest BCUT2D eigenvalue weighted by Crippen LogP contribution is 2.11. The smallest absolute Gasteiger partial charge is 0.320 e. The van der Waals surface area contributed by atoms with Crippen LogP contribution in [0.25, 0.3) is 0 Å². The maximum Gasteiger partial charge on any atom is 0.432 e. The summed E-state index contributed by atoms with van der Waals surface area (Å²) in [6.45, 7) is 1.27. The van der Waals surface area contributed by atoms with Crippen LogP contribution < -0.4 is 5.32 Å². The molecular formula is C14H22N4O7. The molecule has 2 heterocycles. The molecule has 2 N–H and O–H groups in total. The summed E-state index contributed by atoms with van der Waals surface area (Å²) in [7, 11) is 3.86. The van der Waals surface area contributed by atoms with Crippen molar-refractivity contribution in [3.63, 3.8) is 0 Å². The van der Waals surface area contributed by atoms with Gasteiger partial charge in [0.05, 0.1) is 0 Å². The number of hydrogen-bond acceptors (Lipinski definition) is 8. The van der Waals surface area contributed by atoms with Gasteiger partial charge in [0, 0.05) is 32.2 Å². The fraction of sp³-hybridized carbons (Fsp3) is 0.643. The lowest BCUT2D eigenvalue weighted by atomic mass is 10.4. The van der Waals surface area contributed by atoms with Gasteiger partial charge < -0.3 is 15.1 Å². The van der Waals surface area contributed by atoms with Crippen LogP contribution in [0.2, 0.25) is 0 Å². The van der Waals surface area contributed by atoms with Crippen molar-refractivity contribution in [2.75, 3.05) is 27.2 Å². The van der Waals surface area contributed by atoms with E-state index >= 15 is 0 Å². The van der Waals surface area contributed by atoms with Gasteiger partial charge in [-0.1, -0.05) is 0 Å². The number of imide groups is 2. The molecule has 0 unspecified atom stereocenters. The molecular weight excluding hydrogens is 336 g/mol. The van der Waals surface area contributed by atoms with Crippen LogP contribution >= 0.6 is 0 Å². The molecule has 11 heteroatoms. The summed E-state index contributed by atoms with van der Waals surface area (Å²) in [5.74, 6) is -1.96. The number of nitrogens with one attached hydrogen (secondary N) is 1. The molecule has 25 heavy (non-hydrogen) atoms. The van der Waals surface area contributed by atoms with E-state index in [1.807, 2.05) is 19.0 Å². The van der Waals surface area contributed by atoms with Crippen molar-refractivity contribution in [1.29, 1.82) is 0 Å². The van der Waals surface area contributed by atoms with Crippen LogP contribution in [0.3, 0.4) is 0 Å². The van der Waals surface area contributed by atoms with E-state index in [0.29, 0.717) is 11.6 Å². The largest absolute Gasteiger partial charge is 0.432 e. The topological polar surface area (TPSA) is 137 Å². The average molecular weight is 358 g/mol. The average Bonchev–Trinajstić information content (AvgIpc) is 3.02. The van der Waals surface area contributed by atoms with E-state index in [9.17, 15) is 24.0 Å². The molecule has 0 bridgehead atoms. The molecule has 0 aliphatic carbocycles. The molecule has 0 atom stereocenters. The van der Waals surface area contributed by atoms with Crippen molar-refractivity contribution < 1.29 is 34.0 Å². The first kappa shape index (κ1) is 20.5. The maximum atomic E-state index is 11.2. The second-order valence-corrected chi connectivity index (χ2v) is 5.64. The first-order chi connectivity index (χ1) is 11.7. The van der Waals surface area contributed by atoms with E-state index in [1.54, 1.807) is 0 Å². The molecule has 5 amide bonds. The molecule has 0 aromatic carbocycles. The Labute approximate surface area is 144 Å². The highest BCUT2D eigenvalue weighted by molar-refractivity contribution is 6.01. The Hall–Kier alpha value is -2.53. The zero-order valence-corrected chi connectivity index (χ0v) is 14.2. The molecule has 0 radical (unpaired) electrons. The van der Waals surface area contributed by atoms with Crippen molar-refractivity contribution in [2.24, 2.45) is 0 Å². The molecule has 0 aromatic rings. The fourth-order valence-corrected chi connectivity index (χ4v) is 1.92. The number of hydrogen-bond donors (Lipinski definition) is 2. The number of hydroxylamine groups is 4. The SMILES string of the molecule is CN(C)CCCNC(=O)ON1C(=O)CCC1=O.O=C1CCC(=O)N1O. The predicted octanol–water partition coefficient (Wildman–Crippen LogP) is -0.747. The third kappa shape index (κ3) is 6.85. The zero-order valence-electron chi connectivity index (χ0n) is 14.2. The molecule has 140 valence electrons. The fourth-order valence-electron chi connectivity index (χ4n) is 1.92. The Morgan fingerprint density at radius 2 is 1.52 bits per heavy atom. The zero-order chi connectivity index (χ0) is 19.0. The number of rotatable bonds is 5. The van der Waals surface area contributed by atoms with Gasteiger partial charge in [0.2, 0.25) is 0 Å². The molecule has 2 saturated heterocycles. The lowest BCUT2D eigenvalue weighted by Crippen LogP contribution is -2.37. The summed E-state index contributed by atoms with van der Waals surface area (Å²) >= 11 is 0. The highest BCUT2D eigenvalue weighted by atomic mass is 16.7. The van der Waals surface area contributed by atoms with Crippen molar-refractivity contribution in [1.82, 2.24) is 20.3 Å². The monoisotopic (exact) mass is 358 g/mol. The number of carbonyl (C=O) groups is 5. The Balaban J connectivity index is 0.000000324. The summed E-state index contributed by atoms with van der Waals surface area (Å²) in [4.78, 5) is 60.6. The molecule has 2 fully saturated rings. The minimum atomic E-state index is -0.771. The van der Waals surface area contributed by atoms with Gasteiger partial charge >= 0.3 is 6.09 Å². The molecule has 11 nitrogen and oxygen atoms in total. The van der Waals surface area contributed by atoms with E-state index < -0.39 is 29.7 Å². The molecule has 0 saturated carbocycles. The van der Waals surface area contributed by atoms with Crippen molar-refractivity contribution in [3.8, 4) is 0 Å². The lowest BCUT2D eigenvalue weighted by Gasteiger charge is -2.13. The van der Waals surface area contributed by atoms with E-state index in [4.69, 9.17) is 5.21 Å². The van der Waals surface area contributed by atoms with Crippen LogP contribution in [0, 0.1) is 0 Å². The third-order valence-electron chi connectivity index (χ3n) is 3.26. The van der Waals surface area contributed by atoms with Crippen LogP contribution in [-0.4, -0.2) is 77.1 Å². The maximum absolute atomic E-state index is 11.2. The first-order valence-electron chi connectivity index (χ1n) is 7.73. The second-order valence-electron chi connectivity index (χ2n) is 5.64. The summed E-state index contributed by atoms with van der Waals surface area (Å²) < 4.78 is 0. The van der Waals surface area contributed by atoms with E-state index in [1.165, 1.54) is 0 Å². The molecule has 2 aliphatic heterocycles. The Morgan fingerprint density at radius 1 is 1.04 bits per heavy atom. The second kappa shape index (κ2) is 9.69. The van der Waals surface area contributed by atoms with Crippen molar-refractivity contribution >= 4 is 29.7 Å². The Morgan fingerprint density at radius 3 is 1.92 bits per heavy atom. The standard InChI is InChI=1S/C10H17N3O4.C4H5NO3/c1-12(2)7-3-6-11-10(16)17-13-8(14)4-5-9(13)15;6-3-1-2-4(7)5(3)8/h3-7H2,1-2H3,(H,11,16);8H,1-2H2. The van der Waals surface area contributed by atoms with Gasteiger partial charge in [0.1, 0.15) is 0 Å². The Kier molecular flexibility index (Phi) is 7.95. The van der Waals surface area contributed by atoms with Crippen molar-refractivity contribution in [3.05, 3.63) is 0 Å². The summed E-state index contributed by atoms with van der Waals surface area (Å²) in [6.07, 6.45) is 0.501. The quantitative estimate of drug-likeness (QED) is 0.372. The number of nitrogens with zero attached hydrogens (tertiary/aromatic N) is 3. The van der Waals surface area contributed by atoms with Gasteiger partial charge in [-0.25, -0.2) is 4.79 Å². The minimum absolute atomic E-state index is 0.104. The summed E-state index contributed by atoms with van der Waals surface area (Å²) in [6, 6.07) is 0. The third-order valence-corrected chi connectivity index (χ3v) is 3.26. The van der Waals surface area contributed by atoms with Gasteiger partial charge in [0.25, 0.3) is 23.6 Å². The summed E-state index contributed by atoms with van der Waals surface area (Å²) in [5, 5.41) is 11.6. The first-order valence-corrected chi connectivity index (χ1v) is 7.73. The molecule has 0 spiro atoms. The van der Waals surface area contributed by atoms with Gasteiger partial charge in [-0.15, -0.1) is 5.06 Å². The molecule has 2 aliphatic rings. The van der Waals surface area contributed by atoms with E-state index in [-0.39, 0.29) is 30.7 Å². The van der Waals surface area contributed by atoms with Crippen LogP contribution in [0.5, 0.6) is 0 Å². The van der Waals surface area contributed by atoms with Crippen molar-refractivity contribution in [2.45, 2.75) is 32.1 Å². The van der Waals surface area contributed by atoms with Gasteiger partial charge in [-0.05, 0) is 27.1 Å². The van der Waals surface area contributed by atoms with Crippen LogP contribution in [0.1, 0.15) is 32.1 Å². The number of amides is 5. The van der Waals surface area contributed by atoms with E-state index in [2.05, 4.69) is 10.2 Å². The highest BCUT2D eigenvalue weighted by Gasteiger charge is 2.32. The van der Waals surface area contributed by atoms with Crippen LogP contribution in [0.15, 0.2) is 0 Å².